The van der Waals surface area contributed by atoms with E-state index in [-0.39, 0.29) is 6.10 Å². The molecule has 0 spiro atoms. The molecule has 0 atom stereocenters. The van der Waals surface area contributed by atoms with Gasteiger partial charge in [0.05, 0.1) is 6.10 Å². The number of imidazole rings is 1. The number of hydrogen-bond acceptors (Lipinski definition) is 3. The lowest BCUT2D eigenvalue weighted by Crippen LogP contribution is -2.08. The minimum absolute atomic E-state index is 0.200. The first-order valence-corrected chi connectivity index (χ1v) is 6.79. The number of nitrogens with zero attached hydrogens (tertiary/aromatic N) is 2. The van der Waals surface area contributed by atoms with E-state index in [4.69, 9.17) is 4.74 Å². The summed E-state index contributed by atoms with van der Waals surface area (Å²) in [5.41, 5.74) is 1.09. The fraction of sp³-hybridized carbons (Fsp3) is 0.400. The van der Waals surface area contributed by atoms with E-state index in [1.165, 1.54) is 12.8 Å². The van der Waals surface area contributed by atoms with Gasteiger partial charge in [0.1, 0.15) is 5.75 Å². The van der Waals surface area contributed by atoms with Crippen molar-refractivity contribution in [2.45, 2.75) is 38.8 Å². The summed E-state index contributed by atoms with van der Waals surface area (Å²) in [4.78, 5) is 4.36. The highest BCUT2D eigenvalue weighted by atomic mass is 16.5. The smallest absolute Gasteiger partial charge is 0.207 e. The van der Waals surface area contributed by atoms with Crippen molar-refractivity contribution in [1.82, 2.24) is 9.55 Å². The minimum atomic E-state index is 0.200. The second-order valence-electron chi connectivity index (χ2n) is 5.20. The van der Waals surface area contributed by atoms with E-state index in [0.717, 1.165) is 17.4 Å². The Morgan fingerprint density at radius 3 is 2.63 bits per heavy atom. The summed E-state index contributed by atoms with van der Waals surface area (Å²) >= 11 is 0. The van der Waals surface area contributed by atoms with Gasteiger partial charge in [-0.2, -0.15) is 0 Å². The molecular formula is C15H19N3O. The molecule has 1 aromatic carbocycles. The number of anilines is 1. The predicted octanol–water partition coefficient (Wildman–Crippen LogP) is 3.23. The van der Waals surface area contributed by atoms with Gasteiger partial charge in [0.2, 0.25) is 5.95 Å². The third-order valence-electron chi connectivity index (χ3n) is 3.04. The van der Waals surface area contributed by atoms with Gasteiger partial charge in [-0.3, -0.25) is 4.57 Å². The van der Waals surface area contributed by atoms with Crippen molar-refractivity contribution in [2.24, 2.45) is 0 Å². The van der Waals surface area contributed by atoms with E-state index in [0.29, 0.717) is 6.04 Å². The summed E-state index contributed by atoms with van der Waals surface area (Å²) in [6, 6.07) is 8.70. The molecule has 0 aliphatic heterocycles. The van der Waals surface area contributed by atoms with Crippen LogP contribution in [0.5, 0.6) is 5.75 Å². The second kappa shape index (κ2) is 4.96. The molecule has 0 unspecified atom stereocenters. The molecule has 1 saturated carbocycles. The van der Waals surface area contributed by atoms with E-state index >= 15 is 0 Å². The van der Waals surface area contributed by atoms with Gasteiger partial charge in [0, 0.05) is 24.1 Å². The second-order valence-corrected chi connectivity index (χ2v) is 5.20. The quantitative estimate of drug-likeness (QED) is 0.893. The van der Waals surface area contributed by atoms with E-state index < -0.39 is 0 Å². The Bertz CT molecular complexity index is 541. The summed E-state index contributed by atoms with van der Waals surface area (Å²) in [7, 11) is 0. The largest absolute Gasteiger partial charge is 0.491 e. The average Bonchev–Trinajstić information content (AvgIpc) is 3.07. The van der Waals surface area contributed by atoms with Crippen LogP contribution in [0.15, 0.2) is 36.7 Å². The predicted molar refractivity (Wildman–Crippen MR) is 76.0 cm³/mol. The Morgan fingerprint density at radius 1 is 1.26 bits per heavy atom. The van der Waals surface area contributed by atoms with Gasteiger partial charge >= 0.3 is 0 Å². The third kappa shape index (κ3) is 2.89. The zero-order chi connectivity index (χ0) is 13.2. The number of nitrogens with one attached hydrogen (secondary N) is 1. The van der Waals surface area contributed by atoms with Gasteiger partial charge in [0.25, 0.3) is 0 Å². The Labute approximate surface area is 113 Å². The Hall–Kier alpha value is -1.97. The van der Waals surface area contributed by atoms with Crippen LogP contribution in [0.4, 0.5) is 5.95 Å². The maximum atomic E-state index is 5.65. The molecule has 3 rings (SSSR count). The molecule has 1 aromatic heterocycles. The van der Waals surface area contributed by atoms with Gasteiger partial charge in [-0.1, -0.05) is 0 Å². The van der Waals surface area contributed by atoms with E-state index in [1.807, 2.05) is 38.4 Å². The van der Waals surface area contributed by atoms with Crippen molar-refractivity contribution in [2.75, 3.05) is 5.32 Å². The normalized spacial score (nSPS) is 14.7. The first kappa shape index (κ1) is 12.1. The molecule has 4 heteroatoms. The average molecular weight is 257 g/mol. The van der Waals surface area contributed by atoms with Crippen LogP contribution in [0.1, 0.15) is 26.7 Å². The van der Waals surface area contributed by atoms with Crippen LogP contribution in [0.2, 0.25) is 0 Å². The number of hydrogen-bond donors (Lipinski definition) is 1. The molecule has 1 aliphatic rings. The van der Waals surface area contributed by atoms with Crippen LogP contribution < -0.4 is 10.1 Å². The van der Waals surface area contributed by atoms with Crippen LogP contribution in [-0.2, 0) is 0 Å². The molecule has 0 amide bonds. The summed E-state index contributed by atoms with van der Waals surface area (Å²) in [5, 5.41) is 3.43. The molecule has 4 nitrogen and oxygen atoms in total. The van der Waals surface area contributed by atoms with Crippen molar-refractivity contribution in [3.63, 3.8) is 0 Å². The van der Waals surface area contributed by atoms with Crippen LogP contribution in [0, 0.1) is 0 Å². The first-order valence-electron chi connectivity index (χ1n) is 6.79. The summed E-state index contributed by atoms with van der Waals surface area (Å²) < 4.78 is 7.72. The lowest BCUT2D eigenvalue weighted by Gasteiger charge is -2.12. The molecule has 0 radical (unpaired) electrons. The van der Waals surface area contributed by atoms with Crippen molar-refractivity contribution < 1.29 is 4.74 Å². The van der Waals surface area contributed by atoms with E-state index in [1.54, 1.807) is 0 Å². The number of benzene rings is 1. The van der Waals surface area contributed by atoms with E-state index in [2.05, 4.69) is 27.0 Å². The van der Waals surface area contributed by atoms with Gasteiger partial charge in [0.15, 0.2) is 0 Å². The fourth-order valence-corrected chi connectivity index (χ4v) is 1.99. The van der Waals surface area contributed by atoms with Crippen molar-refractivity contribution in [1.29, 1.82) is 0 Å². The zero-order valence-corrected chi connectivity index (χ0v) is 11.3. The lowest BCUT2D eigenvalue weighted by atomic mass is 10.3. The monoisotopic (exact) mass is 257 g/mol. The molecule has 1 fully saturated rings. The number of aromatic nitrogens is 2. The Kier molecular flexibility index (Phi) is 3.15. The highest BCUT2D eigenvalue weighted by Gasteiger charge is 2.22. The van der Waals surface area contributed by atoms with Crippen LogP contribution in [-0.4, -0.2) is 21.7 Å². The van der Waals surface area contributed by atoms with Crippen LogP contribution in [0.3, 0.4) is 0 Å². The van der Waals surface area contributed by atoms with Crippen LogP contribution in [0.25, 0.3) is 5.69 Å². The Morgan fingerprint density at radius 2 is 2.00 bits per heavy atom. The third-order valence-corrected chi connectivity index (χ3v) is 3.04. The molecular weight excluding hydrogens is 238 g/mol. The minimum Gasteiger partial charge on any atom is -0.491 e. The lowest BCUT2D eigenvalue weighted by molar-refractivity contribution is 0.242. The van der Waals surface area contributed by atoms with Gasteiger partial charge in [-0.25, -0.2) is 4.98 Å². The van der Waals surface area contributed by atoms with Crippen LogP contribution >= 0.6 is 0 Å². The number of ether oxygens (including phenoxy) is 1. The van der Waals surface area contributed by atoms with Crippen molar-refractivity contribution >= 4 is 5.95 Å². The molecule has 1 heterocycles. The molecule has 0 saturated heterocycles. The molecule has 1 aliphatic carbocycles. The highest BCUT2D eigenvalue weighted by Crippen LogP contribution is 2.25. The topological polar surface area (TPSA) is 39.1 Å². The maximum Gasteiger partial charge on any atom is 0.207 e. The summed E-state index contributed by atoms with van der Waals surface area (Å²) in [5.74, 6) is 1.82. The highest BCUT2D eigenvalue weighted by molar-refractivity contribution is 5.45. The standard InChI is InChI=1S/C15H19N3O/c1-11(2)19-14-7-5-13(6-8-14)18-10-9-16-15(18)17-12-3-4-12/h5-12H,3-4H2,1-2H3,(H,16,17). The molecule has 100 valence electrons. The molecule has 1 N–H and O–H groups in total. The zero-order valence-electron chi connectivity index (χ0n) is 11.3. The van der Waals surface area contributed by atoms with Gasteiger partial charge in [-0.15, -0.1) is 0 Å². The number of rotatable bonds is 5. The molecule has 2 aromatic rings. The maximum absolute atomic E-state index is 5.65. The SMILES string of the molecule is CC(C)Oc1ccc(-n2ccnc2NC2CC2)cc1. The molecule has 0 bridgehead atoms. The van der Waals surface area contributed by atoms with Gasteiger partial charge in [-0.05, 0) is 51.0 Å². The molecule has 19 heavy (non-hydrogen) atoms. The van der Waals surface area contributed by atoms with Crippen molar-refractivity contribution in [3.05, 3.63) is 36.7 Å². The van der Waals surface area contributed by atoms with Gasteiger partial charge < -0.3 is 10.1 Å². The Balaban J connectivity index is 1.79. The fourth-order valence-electron chi connectivity index (χ4n) is 1.99. The van der Waals surface area contributed by atoms with E-state index in [9.17, 15) is 0 Å². The first-order chi connectivity index (χ1) is 9.22. The van der Waals surface area contributed by atoms with Crippen molar-refractivity contribution in [3.8, 4) is 11.4 Å². The summed E-state index contributed by atoms with van der Waals surface area (Å²) in [6.07, 6.45) is 6.49. The summed E-state index contributed by atoms with van der Waals surface area (Å²) in [6.45, 7) is 4.06.